The molecule has 0 aliphatic heterocycles. The zero-order valence-corrected chi connectivity index (χ0v) is 8.80. The topological polar surface area (TPSA) is 81.5 Å². The summed E-state index contributed by atoms with van der Waals surface area (Å²) in [5.41, 5.74) is 0. The molecule has 0 aromatic rings. The molecule has 0 atom stereocenters. The van der Waals surface area contributed by atoms with Crippen LogP contribution in [0.1, 0.15) is 6.42 Å². The summed E-state index contributed by atoms with van der Waals surface area (Å²) in [6.45, 7) is 0.327. The molecule has 0 aliphatic rings. The van der Waals surface area contributed by atoms with Gasteiger partial charge >= 0.3 is 5.97 Å². The molecular weight excluding hydrogens is 208 g/mol. The summed E-state index contributed by atoms with van der Waals surface area (Å²) in [6.07, 6.45) is 2.76. The first-order valence-electron chi connectivity index (χ1n) is 3.80. The largest absolute Gasteiger partial charge is 0.469 e. The normalized spacial score (nSPS) is 10.9. The number of carbonyl (C=O) groups excluding carboxylic acids is 1. The van der Waals surface area contributed by atoms with E-state index in [4.69, 9.17) is 0 Å². The van der Waals surface area contributed by atoms with Gasteiger partial charge in [-0.05, 0) is 6.26 Å². The fraction of sp³-hybridized carbons (Fsp3) is 0.571. The summed E-state index contributed by atoms with van der Waals surface area (Å²) < 4.78 is 4.41. The monoisotopic (exact) mass is 220 g/mol. The van der Waals surface area contributed by atoms with Crippen molar-refractivity contribution in [2.24, 2.45) is 0 Å². The van der Waals surface area contributed by atoms with Crippen LogP contribution in [0, 0.1) is 10.1 Å². The van der Waals surface area contributed by atoms with E-state index < -0.39 is 4.92 Å². The minimum Gasteiger partial charge on any atom is -0.469 e. The number of rotatable bonds is 6. The predicted octanol–water partition coefficient (Wildman–Crippen LogP) is 0.578. The number of nitrogens with one attached hydrogen (secondary N) is 1. The van der Waals surface area contributed by atoms with Crippen molar-refractivity contribution in [1.29, 1.82) is 0 Å². The minimum absolute atomic E-state index is 0.187. The average molecular weight is 220 g/mol. The van der Waals surface area contributed by atoms with E-state index in [1.165, 1.54) is 18.9 Å². The van der Waals surface area contributed by atoms with E-state index >= 15 is 0 Å². The molecule has 0 radical (unpaired) electrons. The number of thioether (sulfide) groups is 1. The van der Waals surface area contributed by atoms with E-state index in [2.05, 4.69) is 10.1 Å². The highest BCUT2D eigenvalue weighted by Crippen LogP contribution is 2.06. The molecule has 0 amide bonds. The maximum atomic E-state index is 10.7. The zero-order valence-electron chi connectivity index (χ0n) is 7.98. The SMILES string of the molecule is COC(=O)CCNC(=C[N+](=O)[O-])SC. The molecule has 7 heteroatoms. The zero-order chi connectivity index (χ0) is 11.0. The van der Waals surface area contributed by atoms with Gasteiger partial charge in [-0.25, -0.2) is 0 Å². The number of hydrogen-bond acceptors (Lipinski definition) is 6. The van der Waals surface area contributed by atoms with Crippen molar-refractivity contribution in [2.75, 3.05) is 19.9 Å². The number of hydrogen-bond donors (Lipinski definition) is 1. The highest BCUT2D eigenvalue weighted by Gasteiger charge is 2.03. The molecule has 0 heterocycles. The van der Waals surface area contributed by atoms with Crippen LogP contribution >= 0.6 is 11.8 Å². The van der Waals surface area contributed by atoms with Crippen LogP contribution in [0.25, 0.3) is 0 Å². The molecular formula is C7H12N2O4S. The third-order valence-corrected chi connectivity index (χ3v) is 1.99. The third kappa shape index (κ3) is 6.30. The Morgan fingerprint density at radius 2 is 2.36 bits per heavy atom. The van der Waals surface area contributed by atoms with E-state index in [-0.39, 0.29) is 12.4 Å². The summed E-state index contributed by atoms with van der Waals surface area (Å²) >= 11 is 1.21. The molecule has 0 saturated carbocycles. The van der Waals surface area contributed by atoms with Crippen LogP contribution in [0.3, 0.4) is 0 Å². The average Bonchev–Trinajstić information content (AvgIpc) is 2.15. The molecule has 0 spiro atoms. The maximum Gasteiger partial charge on any atom is 0.307 e. The van der Waals surface area contributed by atoms with Gasteiger partial charge in [0, 0.05) is 6.54 Å². The van der Waals surface area contributed by atoms with Crippen molar-refractivity contribution in [3.8, 4) is 0 Å². The van der Waals surface area contributed by atoms with Crippen LogP contribution in [0.2, 0.25) is 0 Å². The van der Waals surface area contributed by atoms with Crippen LogP contribution < -0.4 is 5.32 Å². The Morgan fingerprint density at radius 3 is 2.79 bits per heavy atom. The van der Waals surface area contributed by atoms with Crippen molar-refractivity contribution >= 4 is 17.7 Å². The molecule has 6 nitrogen and oxygen atoms in total. The standard InChI is InChI=1S/C7H12N2O4S/c1-13-7(10)3-4-8-6(14-2)5-9(11)12/h5,8H,3-4H2,1-2H3. The van der Waals surface area contributed by atoms with Gasteiger partial charge in [0.2, 0.25) is 0 Å². The van der Waals surface area contributed by atoms with E-state index in [1.807, 2.05) is 0 Å². The molecule has 0 aromatic heterocycles. The molecule has 0 aliphatic carbocycles. The lowest BCUT2D eigenvalue weighted by atomic mass is 10.4. The Balaban J connectivity index is 3.85. The van der Waals surface area contributed by atoms with Crippen LogP contribution in [0.4, 0.5) is 0 Å². The molecule has 0 unspecified atom stereocenters. The van der Waals surface area contributed by atoms with Crippen molar-refractivity contribution in [3.63, 3.8) is 0 Å². The second-order valence-corrected chi connectivity index (χ2v) is 3.08. The first-order valence-corrected chi connectivity index (χ1v) is 5.02. The number of esters is 1. The number of carbonyl (C=O) groups is 1. The van der Waals surface area contributed by atoms with E-state index in [1.54, 1.807) is 6.26 Å². The number of nitro groups is 1. The van der Waals surface area contributed by atoms with Crippen LogP contribution in [-0.2, 0) is 9.53 Å². The van der Waals surface area contributed by atoms with Gasteiger partial charge in [-0.1, -0.05) is 0 Å². The third-order valence-electron chi connectivity index (χ3n) is 1.30. The van der Waals surface area contributed by atoms with Gasteiger partial charge in [0.15, 0.2) is 0 Å². The number of nitrogens with zero attached hydrogens (tertiary/aromatic N) is 1. The highest BCUT2D eigenvalue weighted by molar-refractivity contribution is 8.02. The van der Waals surface area contributed by atoms with Crippen molar-refractivity contribution < 1.29 is 14.5 Å². The predicted molar refractivity (Wildman–Crippen MR) is 53.2 cm³/mol. The van der Waals surface area contributed by atoms with Crippen LogP contribution in [0.5, 0.6) is 0 Å². The Hall–Kier alpha value is -1.24. The lowest BCUT2D eigenvalue weighted by molar-refractivity contribution is -0.403. The van der Waals surface area contributed by atoms with Crippen molar-refractivity contribution in [3.05, 3.63) is 21.3 Å². The minimum atomic E-state index is -0.545. The summed E-state index contributed by atoms with van der Waals surface area (Å²) in [7, 11) is 1.30. The molecule has 0 bridgehead atoms. The van der Waals surface area contributed by atoms with Gasteiger partial charge < -0.3 is 10.1 Å². The number of ether oxygens (including phenoxy) is 1. The molecule has 1 N–H and O–H groups in total. The molecule has 14 heavy (non-hydrogen) atoms. The summed E-state index contributed by atoms with van der Waals surface area (Å²) in [6, 6.07) is 0. The Kier molecular flexibility index (Phi) is 6.55. The van der Waals surface area contributed by atoms with E-state index in [0.717, 1.165) is 6.20 Å². The molecule has 80 valence electrons. The quantitative estimate of drug-likeness (QED) is 0.400. The smallest absolute Gasteiger partial charge is 0.307 e. The molecule has 0 aromatic carbocycles. The van der Waals surface area contributed by atoms with E-state index in [0.29, 0.717) is 11.6 Å². The fourth-order valence-corrected chi connectivity index (χ4v) is 1.09. The first-order chi connectivity index (χ1) is 6.60. The Labute approximate surface area is 85.8 Å². The lowest BCUT2D eigenvalue weighted by Gasteiger charge is -2.04. The second-order valence-electron chi connectivity index (χ2n) is 2.24. The van der Waals surface area contributed by atoms with Gasteiger partial charge in [0.25, 0.3) is 6.20 Å². The van der Waals surface area contributed by atoms with Gasteiger partial charge in [-0.2, -0.15) is 0 Å². The van der Waals surface area contributed by atoms with Crippen molar-refractivity contribution in [1.82, 2.24) is 5.32 Å². The molecule has 0 saturated heterocycles. The van der Waals surface area contributed by atoms with Crippen molar-refractivity contribution in [2.45, 2.75) is 6.42 Å². The van der Waals surface area contributed by atoms with Crippen LogP contribution in [-0.4, -0.2) is 30.8 Å². The summed E-state index contributed by atoms with van der Waals surface area (Å²) in [5.74, 6) is -0.348. The molecule has 0 rings (SSSR count). The lowest BCUT2D eigenvalue weighted by Crippen LogP contribution is -2.17. The summed E-state index contributed by atoms with van der Waals surface area (Å²) in [5, 5.41) is 13.3. The Bertz CT molecular complexity index is 242. The van der Waals surface area contributed by atoms with Crippen LogP contribution in [0.15, 0.2) is 11.2 Å². The van der Waals surface area contributed by atoms with Gasteiger partial charge in [-0.15, -0.1) is 11.8 Å². The maximum absolute atomic E-state index is 10.7. The number of methoxy groups -OCH3 is 1. The second kappa shape index (κ2) is 7.19. The molecule has 0 fully saturated rings. The van der Waals surface area contributed by atoms with Gasteiger partial charge in [0.05, 0.1) is 18.5 Å². The van der Waals surface area contributed by atoms with Gasteiger partial charge in [-0.3, -0.25) is 14.9 Å². The summed E-state index contributed by atoms with van der Waals surface area (Å²) in [4.78, 5) is 20.2. The van der Waals surface area contributed by atoms with Gasteiger partial charge in [0.1, 0.15) is 5.03 Å². The fourth-order valence-electron chi connectivity index (χ4n) is 0.656. The van der Waals surface area contributed by atoms with E-state index in [9.17, 15) is 14.9 Å². The highest BCUT2D eigenvalue weighted by atomic mass is 32.2. The Morgan fingerprint density at radius 1 is 1.71 bits per heavy atom. The first kappa shape index (κ1) is 12.8.